The van der Waals surface area contributed by atoms with Crippen molar-refractivity contribution < 1.29 is 23.9 Å². The molecule has 32 heavy (non-hydrogen) atoms. The molecule has 9 nitrogen and oxygen atoms in total. The predicted octanol–water partition coefficient (Wildman–Crippen LogP) is 3.26. The van der Waals surface area contributed by atoms with Crippen molar-refractivity contribution in [3.8, 4) is 11.4 Å². The van der Waals surface area contributed by atoms with E-state index in [4.69, 9.17) is 9.47 Å². The lowest BCUT2D eigenvalue weighted by Gasteiger charge is -2.09. The molecule has 0 saturated heterocycles. The van der Waals surface area contributed by atoms with Crippen LogP contribution in [0.2, 0.25) is 0 Å². The number of urea groups is 1. The summed E-state index contributed by atoms with van der Waals surface area (Å²) in [5.41, 5.74) is 2.25. The highest BCUT2D eigenvalue weighted by atomic mass is 16.5. The number of methoxy groups -OCH3 is 1. The molecule has 1 aliphatic carbocycles. The van der Waals surface area contributed by atoms with Gasteiger partial charge in [-0.05, 0) is 55.3 Å². The molecule has 1 aromatic heterocycles. The van der Waals surface area contributed by atoms with E-state index >= 15 is 0 Å². The molecular weight excluding hydrogens is 412 g/mol. The minimum atomic E-state index is -0.752. The van der Waals surface area contributed by atoms with Crippen LogP contribution in [0.1, 0.15) is 34.9 Å². The number of ether oxygens (including phenoxy) is 2. The third-order valence-corrected chi connectivity index (χ3v) is 4.87. The summed E-state index contributed by atoms with van der Waals surface area (Å²) in [6.45, 7) is -0.604. The number of nitrogens with zero attached hydrogens (tertiary/aromatic N) is 2. The van der Waals surface area contributed by atoms with Crippen LogP contribution in [0.3, 0.4) is 0 Å². The zero-order valence-corrected chi connectivity index (χ0v) is 17.4. The van der Waals surface area contributed by atoms with E-state index in [-0.39, 0.29) is 5.69 Å². The van der Waals surface area contributed by atoms with Gasteiger partial charge < -0.3 is 14.8 Å². The van der Waals surface area contributed by atoms with Gasteiger partial charge in [-0.3, -0.25) is 10.1 Å². The molecular formula is C23H22N4O5. The van der Waals surface area contributed by atoms with Gasteiger partial charge in [0, 0.05) is 11.6 Å². The van der Waals surface area contributed by atoms with E-state index in [2.05, 4.69) is 15.7 Å². The number of rotatable bonds is 7. The lowest BCUT2D eigenvalue weighted by molar-refractivity contribution is -0.123. The number of para-hydroxylation sites is 1. The van der Waals surface area contributed by atoms with Gasteiger partial charge in [-0.15, -0.1) is 0 Å². The minimum absolute atomic E-state index is 0.230. The molecule has 0 unspecified atom stereocenters. The van der Waals surface area contributed by atoms with Crippen LogP contribution in [0.5, 0.6) is 5.75 Å². The molecule has 0 radical (unpaired) electrons. The molecule has 0 spiro atoms. The van der Waals surface area contributed by atoms with Crippen molar-refractivity contribution in [3.63, 3.8) is 0 Å². The number of hydrogen-bond donors (Lipinski definition) is 2. The van der Waals surface area contributed by atoms with Gasteiger partial charge in [0.2, 0.25) is 0 Å². The number of hydrogen-bond acceptors (Lipinski definition) is 6. The largest absolute Gasteiger partial charge is 0.497 e. The van der Waals surface area contributed by atoms with E-state index < -0.39 is 24.5 Å². The van der Waals surface area contributed by atoms with E-state index in [9.17, 15) is 14.4 Å². The van der Waals surface area contributed by atoms with E-state index in [1.807, 2.05) is 30.3 Å². The highest BCUT2D eigenvalue weighted by Gasteiger charge is 2.29. The first kappa shape index (κ1) is 21.1. The Labute approximate surface area is 184 Å². The van der Waals surface area contributed by atoms with Gasteiger partial charge in [-0.25, -0.2) is 14.3 Å². The Morgan fingerprint density at radius 1 is 1.06 bits per heavy atom. The van der Waals surface area contributed by atoms with Gasteiger partial charge in [0.25, 0.3) is 5.91 Å². The molecule has 164 valence electrons. The second-order valence-corrected chi connectivity index (χ2v) is 7.28. The number of benzene rings is 2. The van der Waals surface area contributed by atoms with E-state index in [0.29, 0.717) is 17.4 Å². The molecule has 2 N–H and O–H groups in total. The lowest BCUT2D eigenvalue weighted by Crippen LogP contribution is -2.37. The minimum Gasteiger partial charge on any atom is -0.497 e. The Kier molecular flexibility index (Phi) is 6.16. The number of carbonyl (C=O) groups excluding carboxylic acids is 3. The summed E-state index contributed by atoms with van der Waals surface area (Å²) in [5.74, 6) is -0.466. The van der Waals surface area contributed by atoms with Crippen molar-refractivity contribution in [1.82, 2.24) is 15.1 Å². The molecule has 1 saturated carbocycles. The number of aromatic nitrogens is 2. The summed E-state index contributed by atoms with van der Waals surface area (Å²) in [6, 6.07) is 16.8. The van der Waals surface area contributed by atoms with Crippen molar-refractivity contribution in [2.75, 3.05) is 19.0 Å². The van der Waals surface area contributed by atoms with Gasteiger partial charge in [-0.2, -0.15) is 5.10 Å². The van der Waals surface area contributed by atoms with Crippen molar-refractivity contribution in [2.45, 2.75) is 18.8 Å². The Morgan fingerprint density at radius 2 is 1.78 bits per heavy atom. The Hall–Kier alpha value is -4.14. The third kappa shape index (κ3) is 5.12. The number of esters is 1. The monoisotopic (exact) mass is 434 g/mol. The summed E-state index contributed by atoms with van der Waals surface area (Å²) >= 11 is 0. The zero-order chi connectivity index (χ0) is 22.5. The van der Waals surface area contributed by atoms with Crippen LogP contribution in [-0.4, -0.2) is 41.4 Å². The summed E-state index contributed by atoms with van der Waals surface area (Å²) in [7, 11) is 1.54. The first-order valence-corrected chi connectivity index (χ1v) is 10.1. The molecule has 1 aliphatic rings. The molecule has 3 aromatic rings. The standard InChI is InChI=1S/C23H22N4O5/c1-31-18-11-9-16(10-12-18)24-23(30)25-21(28)14-32-22(29)20-13-19(15-7-8-15)26-27(20)17-5-3-2-4-6-17/h2-6,9-13,15H,7-8,14H2,1H3,(H2,24,25,28,30). The molecule has 0 atom stereocenters. The van der Waals surface area contributed by atoms with Crippen molar-refractivity contribution in [2.24, 2.45) is 0 Å². The van der Waals surface area contributed by atoms with E-state index in [1.54, 1.807) is 30.3 Å². The SMILES string of the molecule is COc1ccc(NC(=O)NC(=O)COC(=O)c2cc(C3CC3)nn2-c2ccccc2)cc1. The summed E-state index contributed by atoms with van der Waals surface area (Å²) in [6.07, 6.45) is 2.07. The highest BCUT2D eigenvalue weighted by Crippen LogP contribution is 2.39. The average Bonchev–Trinajstić information content (AvgIpc) is 3.56. The van der Waals surface area contributed by atoms with Gasteiger partial charge >= 0.3 is 12.0 Å². The number of carbonyl (C=O) groups is 3. The lowest BCUT2D eigenvalue weighted by atomic mass is 10.2. The van der Waals surface area contributed by atoms with Gasteiger partial charge in [0.1, 0.15) is 5.75 Å². The smallest absolute Gasteiger partial charge is 0.357 e. The quantitative estimate of drug-likeness (QED) is 0.552. The maximum Gasteiger partial charge on any atom is 0.357 e. The Morgan fingerprint density at radius 3 is 2.44 bits per heavy atom. The number of amides is 3. The average molecular weight is 434 g/mol. The van der Waals surface area contributed by atoms with Gasteiger partial charge in [0.05, 0.1) is 18.5 Å². The molecule has 0 bridgehead atoms. The van der Waals surface area contributed by atoms with Crippen LogP contribution < -0.4 is 15.4 Å². The van der Waals surface area contributed by atoms with Gasteiger partial charge in [-0.1, -0.05) is 18.2 Å². The number of anilines is 1. The van der Waals surface area contributed by atoms with Crippen LogP contribution in [-0.2, 0) is 9.53 Å². The Balaban J connectivity index is 1.35. The first-order valence-electron chi connectivity index (χ1n) is 10.1. The highest BCUT2D eigenvalue weighted by molar-refractivity contribution is 6.02. The molecule has 2 aromatic carbocycles. The zero-order valence-electron chi connectivity index (χ0n) is 17.4. The molecule has 3 amide bonds. The maximum atomic E-state index is 12.7. The fraction of sp³-hybridized carbons (Fsp3) is 0.217. The van der Waals surface area contributed by atoms with Crippen molar-refractivity contribution in [1.29, 1.82) is 0 Å². The second-order valence-electron chi connectivity index (χ2n) is 7.28. The predicted molar refractivity (Wildman–Crippen MR) is 116 cm³/mol. The summed E-state index contributed by atoms with van der Waals surface area (Å²) in [4.78, 5) is 36.7. The molecule has 4 rings (SSSR count). The summed E-state index contributed by atoms with van der Waals surface area (Å²) < 4.78 is 11.7. The number of nitrogens with one attached hydrogen (secondary N) is 2. The van der Waals surface area contributed by atoms with E-state index in [1.165, 1.54) is 11.8 Å². The number of imide groups is 1. The second kappa shape index (κ2) is 9.34. The molecule has 9 heteroatoms. The fourth-order valence-corrected chi connectivity index (χ4v) is 3.09. The van der Waals surface area contributed by atoms with Crippen molar-refractivity contribution >= 4 is 23.6 Å². The molecule has 1 fully saturated rings. The fourth-order valence-electron chi connectivity index (χ4n) is 3.09. The topological polar surface area (TPSA) is 112 Å². The first-order chi connectivity index (χ1) is 15.5. The molecule has 1 heterocycles. The van der Waals surface area contributed by atoms with E-state index in [0.717, 1.165) is 24.2 Å². The summed E-state index contributed by atoms with van der Waals surface area (Å²) in [5, 5.41) is 9.18. The van der Waals surface area contributed by atoms with Gasteiger partial charge in [0.15, 0.2) is 12.3 Å². The van der Waals surface area contributed by atoms with Crippen LogP contribution in [0.15, 0.2) is 60.7 Å². The van der Waals surface area contributed by atoms with Crippen LogP contribution in [0, 0.1) is 0 Å². The van der Waals surface area contributed by atoms with Crippen LogP contribution >= 0.6 is 0 Å². The normalized spacial score (nSPS) is 12.7. The maximum absolute atomic E-state index is 12.7. The third-order valence-electron chi connectivity index (χ3n) is 4.87. The Bertz CT molecular complexity index is 1120. The van der Waals surface area contributed by atoms with Crippen molar-refractivity contribution in [3.05, 3.63) is 72.1 Å². The molecule has 0 aliphatic heterocycles. The van der Waals surface area contributed by atoms with Crippen LogP contribution in [0.4, 0.5) is 10.5 Å². The van der Waals surface area contributed by atoms with Crippen LogP contribution in [0.25, 0.3) is 5.69 Å².